The van der Waals surface area contributed by atoms with Crippen LogP contribution in [0.15, 0.2) is 83.8 Å². The largest absolute Gasteiger partial charge is 0.296 e. The number of thiazole rings is 1. The predicted molar refractivity (Wildman–Crippen MR) is 130 cm³/mol. The lowest BCUT2D eigenvalue weighted by Crippen LogP contribution is -2.28. The van der Waals surface area contributed by atoms with Gasteiger partial charge < -0.3 is 0 Å². The maximum absolute atomic E-state index is 13.3. The number of hydrogen-bond acceptors (Lipinski definition) is 6. The number of pyridine rings is 1. The quantitative estimate of drug-likeness (QED) is 0.422. The molecule has 0 saturated carbocycles. The first-order chi connectivity index (χ1) is 16.1. The summed E-state index contributed by atoms with van der Waals surface area (Å²) in [5.74, 6) is -0.422. The average molecular weight is 454 g/mol. The third-order valence-electron chi connectivity index (χ3n) is 5.17. The Hall–Kier alpha value is -4.17. The minimum atomic E-state index is -0.422. The first-order valence-electron chi connectivity index (χ1n) is 10.3. The molecule has 3 heterocycles. The minimum absolute atomic E-state index is 0.174. The van der Waals surface area contributed by atoms with E-state index in [4.69, 9.17) is 0 Å². The molecule has 0 bridgehead atoms. The summed E-state index contributed by atoms with van der Waals surface area (Å²) in [6, 6.07) is 22.2. The molecule has 1 amide bonds. The van der Waals surface area contributed by atoms with Gasteiger partial charge in [-0.05, 0) is 30.7 Å². The van der Waals surface area contributed by atoms with Crippen molar-refractivity contribution in [3.63, 3.8) is 0 Å². The van der Waals surface area contributed by atoms with Gasteiger partial charge in [0.2, 0.25) is 0 Å². The zero-order valence-electron chi connectivity index (χ0n) is 17.7. The highest BCUT2D eigenvalue weighted by Gasteiger charge is 2.19. The summed E-state index contributed by atoms with van der Waals surface area (Å²) in [4.78, 5) is 36.0. The fourth-order valence-electron chi connectivity index (χ4n) is 3.61. The van der Waals surface area contributed by atoms with Crippen LogP contribution in [0.4, 0.5) is 5.13 Å². The fraction of sp³-hybridized carbons (Fsp3) is 0.0800. The molecule has 5 rings (SSSR count). The van der Waals surface area contributed by atoms with Crippen LogP contribution in [0, 0.1) is 6.92 Å². The van der Waals surface area contributed by atoms with E-state index in [2.05, 4.69) is 20.4 Å². The molecular weight excluding hydrogens is 434 g/mol. The molecule has 0 saturated heterocycles. The lowest BCUT2D eigenvalue weighted by Gasteiger charge is -2.10. The number of rotatable bonds is 5. The van der Waals surface area contributed by atoms with Gasteiger partial charge in [0.15, 0.2) is 10.8 Å². The van der Waals surface area contributed by atoms with Crippen LogP contribution in [-0.2, 0) is 6.54 Å². The number of amides is 1. The maximum Gasteiger partial charge on any atom is 0.278 e. The van der Waals surface area contributed by atoms with E-state index in [9.17, 15) is 9.59 Å². The highest BCUT2D eigenvalue weighted by Crippen LogP contribution is 2.31. The van der Waals surface area contributed by atoms with Gasteiger partial charge in [0.25, 0.3) is 11.5 Å². The second-order valence-corrected chi connectivity index (χ2v) is 8.44. The second-order valence-electron chi connectivity index (χ2n) is 7.45. The lowest BCUT2D eigenvalue weighted by atomic mass is 10.1. The normalized spacial score (nSPS) is 10.9. The van der Waals surface area contributed by atoms with Crippen LogP contribution >= 0.6 is 11.3 Å². The van der Waals surface area contributed by atoms with Crippen molar-refractivity contribution in [3.05, 3.63) is 106 Å². The number of nitrogens with one attached hydrogen (secondary N) is 1. The fourth-order valence-corrected chi connectivity index (χ4v) is 4.55. The van der Waals surface area contributed by atoms with Crippen LogP contribution in [0.25, 0.3) is 21.3 Å². The number of aryl methyl sites for hydroxylation is 1. The number of anilines is 1. The molecule has 0 aliphatic rings. The van der Waals surface area contributed by atoms with Crippen LogP contribution in [0.3, 0.4) is 0 Å². The highest BCUT2D eigenvalue weighted by molar-refractivity contribution is 7.19. The monoisotopic (exact) mass is 453 g/mol. The van der Waals surface area contributed by atoms with E-state index in [1.165, 1.54) is 16.0 Å². The number of fused-ring (bicyclic) bond motifs is 1. The van der Waals surface area contributed by atoms with Gasteiger partial charge in [-0.2, -0.15) is 5.10 Å². The predicted octanol–water partition coefficient (Wildman–Crippen LogP) is 4.52. The Morgan fingerprint density at radius 1 is 0.970 bits per heavy atom. The summed E-state index contributed by atoms with van der Waals surface area (Å²) in [7, 11) is 0. The Morgan fingerprint density at radius 2 is 1.70 bits per heavy atom. The first kappa shape index (κ1) is 20.7. The molecular formula is C25H19N5O2S. The van der Waals surface area contributed by atoms with Crippen molar-refractivity contribution in [3.8, 4) is 10.6 Å². The summed E-state index contributed by atoms with van der Waals surface area (Å²) in [6.07, 6.45) is 1.72. The molecule has 0 fully saturated rings. The summed E-state index contributed by atoms with van der Waals surface area (Å²) < 4.78 is 1.33. The lowest BCUT2D eigenvalue weighted by molar-refractivity contribution is 0.102. The van der Waals surface area contributed by atoms with E-state index in [1.54, 1.807) is 30.5 Å². The molecule has 8 heteroatoms. The molecule has 1 N–H and O–H groups in total. The van der Waals surface area contributed by atoms with E-state index in [0.717, 1.165) is 21.8 Å². The van der Waals surface area contributed by atoms with Crippen LogP contribution in [0.1, 0.15) is 21.7 Å². The second kappa shape index (κ2) is 8.76. The minimum Gasteiger partial charge on any atom is -0.296 e. The highest BCUT2D eigenvalue weighted by atomic mass is 32.1. The molecule has 0 spiro atoms. The molecule has 5 aromatic rings. The van der Waals surface area contributed by atoms with Crippen molar-refractivity contribution in [1.82, 2.24) is 19.7 Å². The summed E-state index contributed by atoms with van der Waals surface area (Å²) in [5, 5.41) is 8.68. The molecule has 0 aliphatic carbocycles. The number of benzene rings is 2. The van der Waals surface area contributed by atoms with Crippen LogP contribution in [0.5, 0.6) is 0 Å². The SMILES string of the molecule is Cc1nc(NC(=O)c2nn(Cc3ccccc3)c(=O)c3ccccc23)sc1-c1ccccn1. The number of nitrogens with zero attached hydrogens (tertiary/aromatic N) is 4. The van der Waals surface area contributed by atoms with Gasteiger partial charge in [-0.1, -0.05) is 65.9 Å². The van der Waals surface area contributed by atoms with Crippen molar-refractivity contribution in [2.45, 2.75) is 13.5 Å². The Bertz CT molecular complexity index is 1510. The summed E-state index contributed by atoms with van der Waals surface area (Å²) in [6.45, 7) is 2.15. The smallest absolute Gasteiger partial charge is 0.278 e. The van der Waals surface area contributed by atoms with Crippen molar-refractivity contribution in [2.75, 3.05) is 5.32 Å². The Kier molecular flexibility index (Phi) is 5.50. The number of carbonyl (C=O) groups is 1. The van der Waals surface area contributed by atoms with Gasteiger partial charge in [-0.25, -0.2) is 9.67 Å². The van der Waals surface area contributed by atoms with Crippen molar-refractivity contribution < 1.29 is 4.79 Å². The van der Waals surface area contributed by atoms with Gasteiger partial charge in [0, 0.05) is 11.6 Å². The van der Waals surface area contributed by atoms with Crippen LogP contribution in [0.2, 0.25) is 0 Å². The zero-order chi connectivity index (χ0) is 22.8. The molecule has 2 aromatic carbocycles. The van der Waals surface area contributed by atoms with Gasteiger partial charge in [-0.3, -0.25) is 19.9 Å². The first-order valence-corrected chi connectivity index (χ1v) is 11.2. The molecule has 0 aliphatic heterocycles. The molecule has 0 atom stereocenters. The molecule has 7 nitrogen and oxygen atoms in total. The Morgan fingerprint density at radius 3 is 2.45 bits per heavy atom. The van der Waals surface area contributed by atoms with Gasteiger partial charge in [-0.15, -0.1) is 0 Å². The average Bonchev–Trinajstić information content (AvgIpc) is 3.22. The molecule has 33 heavy (non-hydrogen) atoms. The van der Waals surface area contributed by atoms with E-state index in [-0.39, 0.29) is 17.8 Å². The molecule has 0 unspecified atom stereocenters. The van der Waals surface area contributed by atoms with E-state index < -0.39 is 5.91 Å². The third kappa shape index (κ3) is 4.16. The van der Waals surface area contributed by atoms with Gasteiger partial charge in [0.1, 0.15) is 0 Å². The van der Waals surface area contributed by atoms with Crippen molar-refractivity contribution in [2.24, 2.45) is 0 Å². The van der Waals surface area contributed by atoms with Gasteiger partial charge in [0.05, 0.1) is 28.2 Å². The number of aromatic nitrogens is 4. The standard InChI is InChI=1S/C25H19N5O2S/c1-16-22(20-13-7-8-14-26-20)33-25(27-16)28-23(31)21-18-11-5-6-12-19(18)24(32)30(29-21)15-17-9-3-2-4-10-17/h2-14H,15H2,1H3,(H,27,28,31). The number of hydrogen-bond donors (Lipinski definition) is 1. The van der Waals surface area contributed by atoms with Crippen LogP contribution in [-0.4, -0.2) is 25.7 Å². The van der Waals surface area contributed by atoms with Crippen molar-refractivity contribution >= 4 is 33.1 Å². The van der Waals surface area contributed by atoms with Gasteiger partial charge >= 0.3 is 0 Å². The maximum atomic E-state index is 13.3. The number of carbonyl (C=O) groups excluding carboxylic acids is 1. The molecule has 0 radical (unpaired) electrons. The molecule has 162 valence electrons. The topological polar surface area (TPSA) is 89.8 Å². The van der Waals surface area contributed by atoms with E-state index in [0.29, 0.717) is 15.9 Å². The Balaban J connectivity index is 1.52. The van der Waals surface area contributed by atoms with E-state index in [1.807, 2.05) is 55.5 Å². The zero-order valence-corrected chi connectivity index (χ0v) is 18.5. The summed E-state index contributed by atoms with van der Waals surface area (Å²) in [5.41, 5.74) is 2.43. The van der Waals surface area contributed by atoms with Crippen molar-refractivity contribution in [1.29, 1.82) is 0 Å². The van der Waals surface area contributed by atoms with Crippen LogP contribution < -0.4 is 10.9 Å². The third-order valence-corrected chi connectivity index (χ3v) is 6.27. The molecule has 3 aromatic heterocycles. The Labute approximate surface area is 193 Å². The van der Waals surface area contributed by atoms with E-state index >= 15 is 0 Å². The summed E-state index contributed by atoms with van der Waals surface area (Å²) >= 11 is 1.35.